The van der Waals surface area contributed by atoms with Crippen molar-refractivity contribution >= 4 is 5.71 Å². The molecule has 0 heterocycles. The van der Waals surface area contributed by atoms with E-state index in [1.54, 1.807) is 0 Å². The molecule has 0 aliphatic heterocycles. The van der Waals surface area contributed by atoms with Crippen LogP contribution < -0.4 is 5.32 Å². The van der Waals surface area contributed by atoms with Gasteiger partial charge in [0.15, 0.2) is 0 Å². The second kappa shape index (κ2) is 7.34. The number of hydrogen-bond acceptors (Lipinski definition) is 2. The molecule has 3 heteroatoms. The summed E-state index contributed by atoms with van der Waals surface area (Å²) in [5.74, 6) is -0.197. The van der Waals surface area contributed by atoms with Gasteiger partial charge in [-0.05, 0) is 49.0 Å². The van der Waals surface area contributed by atoms with Gasteiger partial charge in [0, 0.05) is 18.3 Å². The molecule has 1 aliphatic carbocycles. The standard InChI is InChI=1S/C17H23FN2/c1-2-3-5-15-16(19)6-4-7-17(15)20-12-13-8-10-14(18)11-9-13/h5,8-11,17,19-20H,2-4,6-7,12H2,1H3/b15-5+,19-16?. The third-order valence-electron chi connectivity index (χ3n) is 3.76. The average molecular weight is 274 g/mol. The predicted octanol–water partition coefficient (Wildman–Crippen LogP) is 4.21. The molecule has 2 nitrogen and oxygen atoms in total. The highest BCUT2D eigenvalue weighted by Gasteiger charge is 2.22. The first-order valence-corrected chi connectivity index (χ1v) is 7.46. The minimum atomic E-state index is -0.197. The number of rotatable bonds is 5. The van der Waals surface area contributed by atoms with Gasteiger partial charge in [0.25, 0.3) is 0 Å². The Morgan fingerprint density at radius 1 is 1.35 bits per heavy atom. The highest BCUT2D eigenvalue weighted by atomic mass is 19.1. The zero-order chi connectivity index (χ0) is 14.4. The van der Waals surface area contributed by atoms with Crippen LogP contribution in [0.25, 0.3) is 0 Å². The highest BCUT2D eigenvalue weighted by molar-refractivity contribution is 5.99. The van der Waals surface area contributed by atoms with E-state index in [1.165, 1.54) is 17.7 Å². The zero-order valence-corrected chi connectivity index (χ0v) is 12.1. The Labute approximate surface area is 120 Å². The molecule has 1 aromatic rings. The topological polar surface area (TPSA) is 35.9 Å². The van der Waals surface area contributed by atoms with Crippen LogP contribution in [0.15, 0.2) is 35.9 Å². The lowest BCUT2D eigenvalue weighted by atomic mass is 9.87. The van der Waals surface area contributed by atoms with Crippen LogP contribution in [-0.2, 0) is 6.54 Å². The number of halogens is 1. The van der Waals surface area contributed by atoms with Crippen molar-refractivity contribution in [3.05, 3.63) is 47.3 Å². The molecule has 0 spiro atoms. The third kappa shape index (κ3) is 4.01. The van der Waals surface area contributed by atoms with Crippen molar-refractivity contribution in [3.63, 3.8) is 0 Å². The molecule has 108 valence electrons. The predicted molar refractivity (Wildman–Crippen MR) is 81.6 cm³/mol. The summed E-state index contributed by atoms with van der Waals surface area (Å²) in [6.45, 7) is 2.88. The van der Waals surface area contributed by atoms with Gasteiger partial charge in [0.1, 0.15) is 5.82 Å². The lowest BCUT2D eigenvalue weighted by molar-refractivity contribution is 0.512. The molecule has 1 saturated carbocycles. The summed E-state index contributed by atoms with van der Waals surface area (Å²) in [5, 5.41) is 11.6. The van der Waals surface area contributed by atoms with Gasteiger partial charge in [0.2, 0.25) is 0 Å². The van der Waals surface area contributed by atoms with Crippen molar-refractivity contribution in [3.8, 4) is 0 Å². The van der Waals surface area contributed by atoms with Gasteiger partial charge in [0.05, 0.1) is 0 Å². The van der Waals surface area contributed by atoms with Crippen LogP contribution in [0.2, 0.25) is 0 Å². The molecule has 0 aromatic heterocycles. The van der Waals surface area contributed by atoms with E-state index in [2.05, 4.69) is 18.3 Å². The van der Waals surface area contributed by atoms with Crippen molar-refractivity contribution in [2.75, 3.05) is 0 Å². The summed E-state index contributed by atoms with van der Waals surface area (Å²) in [5.41, 5.74) is 3.03. The lowest BCUT2D eigenvalue weighted by Crippen LogP contribution is -2.36. The van der Waals surface area contributed by atoms with Crippen LogP contribution in [0.5, 0.6) is 0 Å². The zero-order valence-electron chi connectivity index (χ0n) is 12.1. The maximum absolute atomic E-state index is 12.9. The van der Waals surface area contributed by atoms with E-state index in [4.69, 9.17) is 5.41 Å². The number of unbranched alkanes of at least 4 members (excludes halogenated alkanes) is 1. The molecular formula is C17H23FN2. The fourth-order valence-corrected chi connectivity index (χ4v) is 2.61. The van der Waals surface area contributed by atoms with E-state index < -0.39 is 0 Å². The summed E-state index contributed by atoms with van der Waals surface area (Å²) in [7, 11) is 0. The van der Waals surface area contributed by atoms with Gasteiger partial charge in [-0.3, -0.25) is 0 Å². The monoisotopic (exact) mass is 274 g/mol. The molecule has 1 unspecified atom stereocenters. The van der Waals surface area contributed by atoms with Crippen LogP contribution in [0.3, 0.4) is 0 Å². The summed E-state index contributed by atoms with van der Waals surface area (Å²) in [6.07, 6.45) is 7.41. The first kappa shape index (κ1) is 14.9. The van der Waals surface area contributed by atoms with Crippen molar-refractivity contribution < 1.29 is 4.39 Å². The minimum absolute atomic E-state index is 0.197. The summed E-state index contributed by atoms with van der Waals surface area (Å²) in [4.78, 5) is 0. The molecule has 2 rings (SSSR count). The fourth-order valence-electron chi connectivity index (χ4n) is 2.61. The fraction of sp³-hybridized carbons (Fsp3) is 0.471. The number of nitrogens with one attached hydrogen (secondary N) is 2. The van der Waals surface area contributed by atoms with Crippen LogP contribution >= 0.6 is 0 Å². The largest absolute Gasteiger partial charge is 0.306 e. The normalized spacial score (nSPS) is 21.4. The Kier molecular flexibility index (Phi) is 5.48. The number of hydrogen-bond donors (Lipinski definition) is 2. The Morgan fingerprint density at radius 3 is 2.80 bits per heavy atom. The number of allylic oxidation sites excluding steroid dienone is 1. The molecule has 2 N–H and O–H groups in total. The Hall–Kier alpha value is -1.48. The average Bonchev–Trinajstić information content (AvgIpc) is 2.46. The Balaban J connectivity index is 1.98. The van der Waals surface area contributed by atoms with Crippen molar-refractivity contribution in [1.29, 1.82) is 5.41 Å². The smallest absolute Gasteiger partial charge is 0.123 e. The van der Waals surface area contributed by atoms with Crippen LogP contribution in [0, 0.1) is 11.2 Å². The maximum atomic E-state index is 12.9. The third-order valence-corrected chi connectivity index (χ3v) is 3.76. The van der Waals surface area contributed by atoms with Gasteiger partial charge in [-0.1, -0.05) is 31.6 Å². The molecule has 0 saturated heterocycles. The Morgan fingerprint density at radius 2 is 2.10 bits per heavy atom. The highest BCUT2D eigenvalue weighted by Crippen LogP contribution is 2.22. The van der Waals surface area contributed by atoms with E-state index in [1.807, 2.05) is 12.1 Å². The molecular weight excluding hydrogens is 251 g/mol. The summed E-state index contributed by atoms with van der Waals surface area (Å²) < 4.78 is 12.9. The van der Waals surface area contributed by atoms with Crippen molar-refractivity contribution in [1.82, 2.24) is 5.32 Å². The Bertz CT molecular complexity index is 476. The molecule has 1 atom stereocenters. The second-order valence-corrected chi connectivity index (χ2v) is 5.38. The molecule has 1 aromatic carbocycles. The molecule has 20 heavy (non-hydrogen) atoms. The van der Waals surface area contributed by atoms with E-state index in [9.17, 15) is 4.39 Å². The molecule has 0 radical (unpaired) electrons. The summed E-state index contributed by atoms with van der Waals surface area (Å²) in [6, 6.07) is 6.88. The van der Waals surface area contributed by atoms with Crippen LogP contribution in [-0.4, -0.2) is 11.8 Å². The van der Waals surface area contributed by atoms with Crippen molar-refractivity contribution in [2.24, 2.45) is 0 Å². The van der Waals surface area contributed by atoms with Gasteiger partial charge >= 0.3 is 0 Å². The first-order valence-electron chi connectivity index (χ1n) is 7.46. The quantitative estimate of drug-likeness (QED) is 0.828. The maximum Gasteiger partial charge on any atom is 0.123 e. The number of benzene rings is 1. The molecule has 0 bridgehead atoms. The van der Waals surface area contributed by atoms with Gasteiger partial charge in [-0.2, -0.15) is 0 Å². The molecule has 1 fully saturated rings. The van der Waals surface area contributed by atoms with Gasteiger partial charge in [-0.15, -0.1) is 0 Å². The lowest BCUT2D eigenvalue weighted by Gasteiger charge is -2.27. The SMILES string of the molecule is CCC/C=C1\C(=N)CCCC1NCc1ccc(F)cc1. The van der Waals surface area contributed by atoms with Crippen molar-refractivity contribution in [2.45, 2.75) is 51.6 Å². The first-order chi connectivity index (χ1) is 9.70. The van der Waals surface area contributed by atoms with Gasteiger partial charge < -0.3 is 10.7 Å². The van der Waals surface area contributed by atoms with E-state index >= 15 is 0 Å². The summed E-state index contributed by atoms with van der Waals surface area (Å²) >= 11 is 0. The second-order valence-electron chi connectivity index (χ2n) is 5.38. The van der Waals surface area contributed by atoms with Crippen LogP contribution in [0.4, 0.5) is 4.39 Å². The van der Waals surface area contributed by atoms with E-state index in [0.29, 0.717) is 0 Å². The van der Waals surface area contributed by atoms with Gasteiger partial charge in [-0.25, -0.2) is 4.39 Å². The minimum Gasteiger partial charge on any atom is -0.306 e. The van der Waals surface area contributed by atoms with E-state index in [0.717, 1.165) is 49.9 Å². The van der Waals surface area contributed by atoms with E-state index in [-0.39, 0.29) is 11.9 Å². The molecule has 0 amide bonds. The molecule has 1 aliphatic rings. The van der Waals surface area contributed by atoms with Crippen LogP contribution in [0.1, 0.15) is 44.6 Å².